The number of carbonyl (C=O) groups excluding carboxylic acids is 2. The summed E-state index contributed by atoms with van der Waals surface area (Å²) in [4.78, 5) is 27.0. The Morgan fingerprint density at radius 1 is 1.25 bits per heavy atom. The van der Waals surface area contributed by atoms with Gasteiger partial charge in [-0.1, -0.05) is 17.7 Å². The maximum atomic E-state index is 12.9. The number of carbonyl (C=O) groups is 2. The van der Waals surface area contributed by atoms with Crippen LogP contribution in [0, 0.1) is 5.92 Å². The molecule has 0 aromatic heterocycles. The second-order valence-corrected chi connectivity index (χ2v) is 6.51. The van der Waals surface area contributed by atoms with E-state index in [1.165, 1.54) is 29.2 Å². The van der Waals surface area contributed by atoms with Gasteiger partial charge in [-0.2, -0.15) is 18.9 Å². The van der Waals surface area contributed by atoms with Gasteiger partial charge in [0.2, 0.25) is 5.91 Å². The number of rotatable bonds is 5. The fraction of sp³-hybridized carbons (Fsp3) is 0.211. The van der Waals surface area contributed by atoms with Gasteiger partial charge in [0, 0.05) is 17.8 Å². The summed E-state index contributed by atoms with van der Waals surface area (Å²) in [5, 5.41) is 5.71. The van der Waals surface area contributed by atoms with Crippen LogP contribution < -0.4 is 14.6 Å². The Bertz CT molecular complexity index is 934. The minimum absolute atomic E-state index is 0.0422. The lowest BCUT2D eigenvalue weighted by atomic mass is 10.0. The van der Waals surface area contributed by atoms with E-state index in [4.69, 9.17) is 11.6 Å². The number of anilines is 2. The summed E-state index contributed by atoms with van der Waals surface area (Å²) in [7, 11) is 1.55. The third kappa shape index (κ3) is 3.96. The van der Waals surface area contributed by atoms with Crippen molar-refractivity contribution in [3.8, 4) is 5.75 Å². The Kier molecular flexibility index (Phi) is 5.60. The van der Waals surface area contributed by atoms with Gasteiger partial charge in [-0.3, -0.25) is 9.59 Å². The number of amides is 2. The zero-order chi connectivity index (χ0) is 20.4. The Labute approximate surface area is 164 Å². The van der Waals surface area contributed by atoms with Crippen molar-refractivity contribution in [2.75, 3.05) is 17.0 Å². The lowest BCUT2D eigenvalue weighted by Crippen LogP contribution is -2.41. The average Bonchev–Trinajstić information content (AvgIpc) is 2.95. The van der Waals surface area contributed by atoms with Crippen LogP contribution in [0.1, 0.15) is 6.92 Å². The molecule has 0 aliphatic carbocycles. The number of hydrogen-bond acceptors (Lipinski definition) is 4. The van der Waals surface area contributed by atoms with Crippen molar-refractivity contribution >= 4 is 40.5 Å². The highest BCUT2D eigenvalue weighted by atomic mass is 35.5. The summed E-state index contributed by atoms with van der Waals surface area (Å²) in [5.41, 5.74) is 1.22. The van der Waals surface area contributed by atoms with Crippen LogP contribution in [0.4, 0.5) is 20.2 Å². The van der Waals surface area contributed by atoms with Crippen molar-refractivity contribution in [3.63, 3.8) is 0 Å². The van der Waals surface area contributed by atoms with Crippen molar-refractivity contribution in [2.45, 2.75) is 13.5 Å². The van der Waals surface area contributed by atoms with Gasteiger partial charge in [-0.25, -0.2) is 0 Å². The van der Waals surface area contributed by atoms with E-state index in [0.29, 0.717) is 22.1 Å². The van der Waals surface area contributed by atoms with Crippen molar-refractivity contribution < 1.29 is 23.1 Å². The first-order chi connectivity index (χ1) is 13.3. The van der Waals surface area contributed by atoms with E-state index in [1.807, 2.05) is 0 Å². The van der Waals surface area contributed by atoms with Gasteiger partial charge in [0.25, 0.3) is 5.91 Å². The summed E-state index contributed by atoms with van der Waals surface area (Å²) >= 11 is 5.96. The molecule has 0 spiro atoms. The molecule has 0 fully saturated rings. The van der Waals surface area contributed by atoms with Gasteiger partial charge in [-0.05, 0) is 49.4 Å². The van der Waals surface area contributed by atoms with Gasteiger partial charge in [0.15, 0.2) is 5.92 Å². The van der Waals surface area contributed by atoms with Crippen molar-refractivity contribution in [1.82, 2.24) is 0 Å². The molecule has 1 atom stereocenters. The second-order valence-electron chi connectivity index (χ2n) is 6.07. The first kappa shape index (κ1) is 19.8. The maximum Gasteiger partial charge on any atom is 0.387 e. The zero-order valence-electron chi connectivity index (χ0n) is 15.0. The molecule has 0 N–H and O–H groups in total. The first-order valence-electron chi connectivity index (χ1n) is 8.25. The molecule has 28 heavy (non-hydrogen) atoms. The highest BCUT2D eigenvalue weighted by Gasteiger charge is 2.41. The van der Waals surface area contributed by atoms with E-state index < -0.39 is 24.3 Å². The minimum atomic E-state index is -2.94. The second kappa shape index (κ2) is 7.93. The molecule has 1 unspecified atom stereocenters. The van der Waals surface area contributed by atoms with Gasteiger partial charge in [0.05, 0.1) is 11.4 Å². The van der Waals surface area contributed by atoms with Crippen LogP contribution in [0.5, 0.6) is 5.75 Å². The topological polar surface area (TPSA) is 62.2 Å². The average molecular weight is 408 g/mol. The summed E-state index contributed by atoms with van der Waals surface area (Å²) in [6.45, 7) is -1.36. The number of ether oxygens (including phenoxy) is 1. The van der Waals surface area contributed by atoms with Crippen molar-refractivity contribution in [1.29, 1.82) is 0 Å². The molecule has 0 radical (unpaired) electrons. The standard InChI is InChI=1S/C19H16ClF2N3O3/c1-11-16(17(26)24(2)14-5-3-4-12(20)10-14)18(27)25(23-11)13-6-8-15(9-7-13)28-19(21)22/h3-10,16,19H,1-2H3. The summed E-state index contributed by atoms with van der Waals surface area (Å²) < 4.78 is 28.8. The smallest absolute Gasteiger partial charge is 0.387 e. The van der Waals surface area contributed by atoms with E-state index in [9.17, 15) is 18.4 Å². The normalized spacial score (nSPS) is 16.4. The van der Waals surface area contributed by atoms with Gasteiger partial charge < -0.3 is 9.64 Å². The van der Waals surface area contributed by atoms with Crippen LogP contribution in [-0.4, -0.2) is 31.2 Å². The molecule has 2 aromatic rings. The molecule has 6 nitrogen and oxygen atoms in total. The molecule has 0 saturated carbocycles. The summed E-state index contributed by atoms with van der Waals surface area (Å²) in [5.74, 6) is -2.10. The fourth-order valence-corrected chi connectivity index (χ4v) is 2.99. The van der Waals surface area contributed by atoms with E-state index in [2.05, 4.69) is 9.84 Å². The van der Waals surface area contributed by atoms with E-state index in [0.717, 1.165) is 5.01 Å². The van der Waals surface area contributed by atoms with E-state index in [1.54, 1.807) is 38.2 Å². The molecule has 9 heteroatoms. The van der Waals surface area contributed by atoms with Crippen LogP contribution in [0.3, 0.4) is 0 Å². The summed E-state index contributed by atoms with van der Waals surface area (Å²) in [6, 6.07) is 12.1. The lowest BCUT2D eigenvalue weighted by molar-refractivity contribution is -0.128. The van der Waals surface area contributed by atoms with Gasteiger partial charge >= 0.3 is 6.61 Å². The van der Waals surface area contributed by atoms with Gasteiger partial charge in [0.1, 0.15) is 5.75 Å². The third-order valence-corrected chi connectivity index (χ3v) is 4.45. The zero-order valence-corrected chi connectivity index (χ0v) is 15.7. The molecule has 1 aliphatic heterocycles. The largest absolute Gasteiger partial charge is 0.435 e. The molecule has 1 heterocycles. The van der Waals surface area contributed by atoms with E-state index >= 15 is 0 Å². The number of benzene rings is 2. The fourth-order valence-electron chi connectivity index (χ4n) is 2.81. The third-order valence-electron chi connectivity index (χ3n) is 4.21. The molecule has 0 saturated heterocycles. The highest BCUT2D eigenvalue weighted by molar-refractivity contribution is 6.31. The van der Waals surface area contributed by atoms with Crippen LogP contribution in [0.15, 0.2) is 53.6 Å². The monoisotopic (exact) mass is 407 g/mol. The molecule has 1 aliphatic rings. The molecule has 3 rings (SSSR count). The van der Waals surface area contributed by atoms with Crippen LogP contribution in [0.2, 0.25) is 5.02 Å². The molecule has 146 valence electrons. The number of nitrogens with zero attached hydrogens (tertiary/aromatic N) is 3. The van der Waals surface area contributed by atoms with Crippen molar-refractivity contribution in [2.24, 2.45) is 11.0 Å². The highest BCUT2D eigenvalue weighted by Crippen LogP contribution is 2.28. The lowest BCUT2D eigenvalue weighted by Gasteiger charge is -2.21. The van der Waals surface area contributed by atoms with Crippen molar-refractivity contribution in [3.05, 3.63) is 53.6 Å². The molecular formula is C19H16ClF2N3O3. The molecule has 2 aromatic carbocycles. The first-order valence-corrected chi connectivity index (χ1v) is 8.63. The van der Waals surface area contributed by atoms with Crippen LogP contribution >= 0.6 is 11.6 Å². The predicted octanol–water partition coefficient (Wildman–Crippen LogP) is 3.94. The number of hydrogen-bond donors (Lipinski definition) is 0. The Morgan fingerprint density at radius 3 is 2.54 bits per heavy atom. The predicted molar refractivity (Wildman–Crippen MR) is 102 cm³/mol. The van der Waals surface area contributed by atoms with Gasteiger partial charge in [-0.15, -0.1) is 0 Å². The quantitative estimate of drug-likeness (QED) is 0.705. The van der Waals surface area contributed by atoms with E-state index in [-0.39, 0.29) is 5.75 Å². The Balaban J connectivity index is 1.79. The number of halogens is 3. The maximum absolute atomic E-state index is 12.9. The Morgan fingerprint density at radius 2 is 1.93 bits per heavy atom. The summed E-state index contributed by atoms with van der Waals surface area (Å²) in [6.07, 6.45) is 0. The SMILES string of the molecule is CC1=NN(c2ccc(OC(F)F)cc2)C(=O)C1C(=O)N(C)c1cccc(Cl)c1. The van der Waals surface area contributed by atoms with Crippen LogP contribution in [0.25, 0.3) is 0 Å². The molecule has 2 amide bonds. The molecular weight excluding hydrogens is 392 g/mol. The number of alkyl halides is 2. The minimum Gasteiger partial charge on any atom is -0.435 e. The number of hydrazone groups is 1. The Hall–Kier alpha value is -3.00. The van der Waals surface area contributed by atoms with Crippen LogP contribution in [-0.2, 0) is 9.59 Å². The molecule has 0 bridgehead atoms.